The minimum atomic E-state index is -1.74. The number of nitrogens with one attached hydrogen (secondary N) is 1. The standard InChI is InChI=1S/C46H60N4O7/c1-26-34(31(51)23-28(38(54)55)17-22-49-7)30(50-39(47)48)15-19-44(26)25-45(56)20-21-46(57)29(14-13-27-11-9-8-10-12-27)36-40(2,3)33(53)16-18-41(36,4)35-32(52)24-42(44,5)43(45,6)37(35)46/h8-15,19-21,23,26,29-31,34,36,49,51,56-57H,16-18,22,24-25H2,1-7H3,(H,54,55)(H4,47,48,50)/b14-13+,28-23+/t26-,29+,30+,31-,34+,36-,41-,42+,43+,44-,45+,46-/m1/s1. The summed E-state index contributed by atoms with van der Waals surface area (Å²) in [5.41, 5.74) is 5.67. The fraction of sp³-hybridized carbons (Fsp3) is 0.565. The van der Waals surface area contributed by atoms with Crippen molar-refractivity contribution in [3.05, 3.63) is 89.1 Å². The average molecular weight is 781 g/mol. The van der Waals surface area contributed by atoms with Gasteiger partial charge in [-0.2, -0.15) is 0 Å². The van der Waals surface area contributed by atoms with Crippen LogP contribution >= 0.6 is 0 Å². The summed E-state index contributed by atoms with van der Waals surface area (Å²) >= 11 is 0. The molecule has 0 aliphatic heterocycles. The zero-order chi connectivity index (χ0) is 41.7. The second-order valence-corrected chi connectivity index (χ2v) is 19.1. The lowest BCUT2D eigenvalue weighted by atomic mass is 9.35. The molecular weight excluding hydrogens is 721 g/mol. The molecule has 306 valence electrons. The van der Waals surface area contributed by atoms with E-state index in [1.807, 2.05) is 89.3 Å². The molecule has 0 radical (unpaired) electrons. The van der Waals surface area contributed by atoms with Crippen molar-refractivity contribution >= 4 is 29.6 Å². The molecular formula is C46H60N4O7. The van der Waals surface area contributed by atoms with Gasteiger partial charge in [0, 0.05) is 57.5 Å². The summed E-state index contributed by atoms with van der Waals surface area (Å²) < 4.78 is 0. The lowest BCUT2D eigenvalue weighted by Crippen LogP contribution is -2.70. The minimum Gasteiger partial charge on any atom is -0.478 e. The van der Waals surface area contributed by atoms with Gasteiger partial charge in [-0.05, 0) is 73.4 Å². The average Bonchev–Trinajstić information content (AvgIpc) is 3.29. The monoisotopic (exact) mass is 780 g/mol. The molecule has 0 bridgehead atoms. The van der Waals surface area contributed by atoms with Crippen molar-refractivity contribution < 1.29 is 34.8 Å². The van der Waals surface area contributed by atoms with Gasteiger partial charge in [0.25, 0.3) is 0 Å². The number of Topliss-reactive ketones (excluding diaryl/α,β-unsaturated/α-hetero) is 2. The molecule has 2 fully saturated rings. The van der Waals surface area contributed by atoms with Gasteiger partial charge < -0.3 is 37.2 Å². The van der Waals surface area contributed by atoms with Crippen molar-refractivity contribution in [2.75, 3.05) is 13.6 Å². The van der Waals surface area contributed by atoms with Crippen LogP contribution in [0, 0.1) is 50.7 Å². The normalized spacial score (nSPS) is 42.3. The predicted molar refractivity (Wildman–Crippen MR) is 219 cm³/mol. The molecule has 2 saturated carbocycles. The van der Waals surface area contributed by atoms with Crippen molar-refractivity contribution in [2.45, 2.75) is 97.0 Å². The van der Waals surface area contributed by atoms with Gasteiger partial charge in [0.1, 0.15) is 11.4 Å². The number of benzene rings is 1. The zero-order valence-corrected chi connectivity index (χ0v) is 34.3. The summed E-state index contributed by atoms with van der Waals surface area (Å²) in [6.07, 6.45) is 12.4. The first-order valence-electron chi connectivity index (χ1n) is 20.3. The third-order valence-corrected chi connectivity index (χ3v) is 16.3. The molecule has 11 nitrogen and oxygen atoms in total. The molecule has 0 unspecified atom stereocenters. The molecule has 0 heterocycles. The van der Waals surface area contributed by atoms with Crippen LogP contribution in [0.5, 0.6) is 0 Å². The maximum absolute atomic E-state index is 15.4. The SMILES string of the molecule is CNCC/C(=C\[C@@H](O)[C@@H]1[C@@H](N=C(N)N)C=C[C@@]2(C[C@@]3(O)C=C[C@]4(O)C5=C(C(=O)C[C@@]2(C)[C@]53C)[C@@]2(C)CCC(=O)C(C)(C)[C@H]2[C@@H]4/C=C/c2ccccc2)[C@@H]1C)C(=O)O. The highest BCUT2D eigenvalue weighted by atomic mass is 16.4. The molecule has 7 rings (SSSR count). The molecule has 1 spiro atoms. The highest BCUT2D eigenvalue weighted by molar-refractivity contribution is 6.02. The zero-order valence-electron chi connectivity index (χ0n) is 34.3. The number of aliphatic carboxylic acids is 1. The maximum Gasteiger partial charge on any atom is 0.331 e. The van der Waals surface area contributed by atoms with E-state index in [-0.39, 0.29) is 42.4 Å². The molecule has 6 aliphatic carbocycles. The molecule has 1 aromatic carbocycles. The van der Waals surface area contributed by atoms with Gasteiger partial charge in [0.05, 0.1) is 17.7 Å². The Morgan fingerprint density at radius 3 is 2.37 bits per heavy atom. The van der Waals surface area contributed by atoms with Crippen LogP contribution in [-0.2, 0) is 14.4 Å². The number of nitrogens with two attached hydrogens (primary N) is 2. The van der Waals surface area contributed by atoms with Crippen molar-refractivity contribution in [1.29, 1.82) is 0 Å². The Hall–Kier alpha value is -4.16. The number of carbonyl (C=O) groups excluding carboxylic acids is 2. The third-order valence-electron chi connectivity index (χ3n) is 16.3. The van der Waals surface area contributed by atoms with E-state index in [2.05, 4.69) is 17.2 Å². The summed E-state index contributed by atoms with van der Waals surface area (Å²) in [6.45, 7) is 12.3. The van der Waals surface area contributed by atoms with Crippen LogP contribution in [0.25, 0.3) is 6.08 Å². The third kappa shape index (κ3) is 5.44. The highest BCUT2D eigenvalue weighted by Crippen LogP contribution is 2.82. The Morgan fingerprint density at radius 1 is 1.05 bits per heavy atom. The van der Waals surface area contributed by atoms with E-state index in [0.717, 1.165) is 5.56 Å². The van der Waals surface area contributed by atoms with E-state index in [9.17, 15) is 30.0 Å². The fourth-order valence-corrected chi connectivity index (χ4v) is 13.4. The van der Waals surface area contributed by atoms with Gasteiger partial charge in [0.15, 0.2) is 11.7 Å². The molecule has 0 saturated heterocycles. The summed E-state index contributed by atoms with van der Waals surface area (Å²) in [5, 5.41) is 52.0. The van der Waals surface area contributed by atoms with Crippen LogP contribution in [0.4, 0.5) is 0 Å². The molecule has 12 atom stereocenters. The van der Waals surface area contributed by atoms with Crippen molar-refractivity contribution in [1.82, 2.24) is 5.32 Å². The van der Waals surface area contributed by atoms with E-state index >= 15 is 4.79 Å². The maximum atomic E-state index is 15.4. The van der Waals surface area contributed by atoms with Gasteiger partial charge in [-0.1, -0.05) is 102 Å². The van der Waals surface area contributed by atoms with Gasteiger partial charge in [0.2, 0.25) is 0 Å². The van der Waals surface area contributed by atoms with Gasteiger partial charge in [-0.3, -0.25) is 9.59 Å². The lowest BCUT2D eigenvalue weighted by Gasteiger charge is -2.68. The van der Waals surface area contributed by atoms with E-state index in [0.29, 0.717) is 30.5 Å². The largest absolute Gasteiger partial charge is 0.478 e. The number of fused-ring (bicyclic) bond motifs is 3. The second-order valence-electron chi connectivity index (χ2n) is 19.1. The van der Waals surface area contributed by atoms with E-state index < -0.39 is 80.1 Å². The van der Waals surface area contributed by atoms with Crippen LogP contribution < -0.4 is 16.8 Å². The number of aliphatic hydroxyl groups excluding tert-OH is 1. The quantitative estimate of drug-likeness (QED) is 0.0809. The van der Waals surface area contributed by atoms with E-state index in [1.54, 1.807) is 19.2 Å². The van der Waals surface area contributed by atoms with Crippen molar-refractivity contribution in [3.63, 3.8) is 0 Å². The topological polar surface area (TPSA) is 209 Å². The number of nitrogens with zero attached hydrogens (tertiary/aromatic N) is 1. The molecule has 1 aromatic rings. The van der Waals surface area contributed by atoms with E-state index in [4.69, 9.17) is 11.5 Å². The summed E-state index contributed by atoms with van der Waals surface area (Å²) in [7, 11) is 1.72. The number of aliphatic imine (C=N–C) groups is 1. The Morgan fingerprint density at radius 2 is 1.74 bits per heavy atom. The van der Waals surface area contributed by atoms with Gasteiger partial charge >= 0.3 is 5.97 Å². The number of carboxylic acid groups (broad SMARTS) is 1. The molecule has 6 aliphatic rings. The van der Waals surface area contributed by atoms with Crippen LogP contribution in [0.2, 0.25) is 0 Å². The van der Waals surface area contributed by atoms with Crippen LogP contribution in [-0.4, -0.2) is 80.9 Å². The molecule has 57 heavy (non-hydrogen) atoms. The van der Waals surface area contributed by atoms with Crippen molar-refractivity contribution in [2.24, 2.45) is 67.2 Å². The number of carboxylic acids is 1. The Labute approximate surface area is 335 Å². The summed E-state index contributed by atoms with van der Waals surface area (Å²) in [4.78, 5) is 46.1. The van der Waals surface area contributed by atoms with Gasteiger partial charge in [-0.15, -0.1) is 0 Å². The number of rotatable bonds is 9. The smallest absolute Gasteiger partial charge is 0.331 e. The molecule has 0 aromatic heterocycles. The highest BCUT2D eigenvalue weighted by Gasteiger charge is 2.82. The number of hydrogen-bond donors (Lipinski definition) is 7. The lowest BCUT2D eigenvalue weighted by molar-refractivity contribution is -0.164. The first-order chi connectivity index (χ1) is 26.6. The Bertz CT molecular complexity index is 2070. The number of hydrogen-bond acceptors (Lipinski definition) is 8. The Kier molecular flexibility index (Phi) is 9.67. The summed E-state index contributed by atoms with van der Waals surface area (Å²) in [6, 6.07) is 9.06. The Balaban J connectivity index is 1.46. The number of ketones is 2. The molecule has 11 heteroatoms. The van der Waals surface area contributed by atoms with E-state index in [1.165, 1.54) is 6.08 Å². The number of carbonyl (C=O) groups is 3. The fourth-order valence-electron chi connectivity index (χ4n) is 13.4. The van der Waals surface area contributed by atoms with Crippen LogP contribution in [0.15, 0.2) is 88.5 Å². The molecule has 0 amide bonds. The van der Waals surface area contributed by atoms with Gasteiger partial charge in [-0.25, -0.2) is 9.79 Å². The first-order valence-corrected chi connectivity index (χ1v) is 20.3. The van der Waals surface area contributed by atoms with Crippen LogP contribution in [0.1, 0.15) is 79.2 Å². The predicted octanol–water partition coefficient (Wildman–Crippen LogP) is 4.49. The van der Waals surface area contributed by atoms with Crippen LogP contribution in [0.3, 0.4) is 0 Å². The first kappa shape index (κ1) is 41.0. The minimum absolute atomic E-state index is 0.0390. The van der Waals surface area contributed by atoms with Crippen molar-refractivity contribution in [3.8, 4) is 0 Å². The summed E-state index contributed by atoms with van der Waals surface area (Å²) in [5.74, 6) is -3.70. The molecule has 9 N–H and O–H groups in total. The second kappa shape index (κ2) is 13.4. The number of allylic oxidation sites excluding steroid dienone is 2. The number of guanidine groups is 1. The number of aliphatic hydroxyl groups is 3.